The van der Waals surface area contributed by atoms with Crippen molar-refractivity contribution in [1.82, 2.24) is 0 Å². The van der Waals surface area contributed by atoms with E-state index in [-0.39, 0.29) is 10.7 Å². The van der Waals surface area contributed by atoms with E-state index in [4.69, 9.17) is 5.14 Å². The van der Waals surface area contributed by atoms with Gasteiger partial charge in [0.05, 0.1) is 4.90 Å². The number of nitrogens with two attached hydrogens (primary N) is 1. The van der Waals surface area contributed by atoms with Crippen molar-refractivity contribution >= 4 is 27.1 Å². The Morgan fingerprint density at radius 2 is 1.65 bits per heavy atom. The molecule has 0 saturated heterocycles. The number of rotatable bonds is 6. The summed E-state index contributed by atoms with van der Waals surface area (Å²) in [5.74, 6) is 0.0809. The lowest BCUT2D eigenvalue weighted by Crippen LogP contribution is -2.11. The van der Waals surface area contributed by atoms with Crippen molar-refractivity contribution in [3.63, 3.8) is 0 Å². The molecule has 1 heterocycles. The van der Waals surface area contributed by atoms with Crippen LogP contribution in [-0.2, 0) is 16.4 Å². The fourth-order valence-corrected chi connectivity index (χ4v) is 4.13. The van der Waals surface area contributed by atoms with Crippen molar-refractivity contribution in [2.75, 3.05) is 0 Å². The van der Waals surface area contributed by atoms with E-state index < -0.39 is 10.0 Å². The molecular weight excluding hydrogens is 366 g/mol. The van der Waals surface area contributed by atoms with Crippen LogP contribution in [0.25, 0.3) is 10.4 Å². The van der Waals surface area contributed by atoms with Crippen LogP contribution < -0.4 is 5.14 Å². The molecule has 0 aliphatic rings. The summed E-state index contributed by atoms with van der Waals surface area (Å²) >= 11 is 1.47. The second-order valence-electron chi connectivity index (χ2n) is 6.14. The minimum atomic E-state index is -3.72. The van der Waals surface area contributed by atoms with Gasteiger partial charge < -0.3 is 0 Å². The van der Waals surface area contributed by atoms with Gasteiger partial charge in [0.2, 0.25) is 10.0 Å². The van der Waals surface area contributed by atoms with Crippen LogP contribution in [0.2, 0.25) is 0 Å². The van der Waals surface area contributed by atoms with Gasteiger partial charge in [0.1, 0.15) is 0 Å². The van der Waals surface area contributed by atoms with Gasteiger partial charge in [-0.1, -0.05) is 42.0 Å². The number of thiophene rings is 1. The molecule has 0 unspecified atom stereocenters. The van der Waals surface area contributed by atoms with Crippen molar-refractivity contribution in [3.05, 3.63) is 76.7 Å². The van der Waals surface area contributed by atoms with Crippen molar-refractivity contribution in [1.29, 1.82) is 0 Å². The predicted octanol–water partition coefficient (Wildman–Crippen LogP) is 4.19. The molecule has 6 heteroatoms. The summed E-state index contributed by atoms with van der Waals surface area (Å²) in [6.07, 6.45) is 1.13. The van der Waals surface area contributed by atoms with E-state index in [9.17, 15) is 13.2 Å². The highest BCUT2D eigenvalue weighted by Gasteiger charge is 2.15. The largest absolute Gasteiger partial charge is 0.294 e. The van der Waals surface area contributed by atoms with E-state index in [0.717, 1.165) is 16.0 Å². The zero-order valence-electron chi connectivity index (χ0n) is 14.3. The van der Waals surface area contributed by atoms with E-state index in [0.29, 0.717) is 18.4 Å². The fourth-order valence-electron chi connectivity index (χ4n) is 2.70. The maximum atomic E-state index is 12.7. The Hall–Kier alpha value is -2.28. The van der Waals surface area contributed by atoms with Crippen LogP contribution in [0.3, 0.4) is 0 Å². The minimum Gasteiger partial charge on any atom is -0.294 e. The number of primary sulfonamides is 1. The lowest BCUT2D eigenvalue weighted by molar-refractivity contribution is 0.0984. The predicted molar refractivity (Wildman–Crippen MR) is 105 cm³/mol. The highest BCUT2D eigenvalue weighted by molar-refractivity contribution is 7.89. The molecule has 0 saturated carbocycles. The van der Waals surface area contributed by atoms with Gasteiger partial charge in [-0.15, -0.1) is 11.3 Å². The Kier molecular flexibility index (Phi) is 5.36. The molecule has 0 aliphatic heterocycles. The Labute approximate surface area is 157 Å². The fraction of sp³-hybridized carbons (Fsp3) is 0.150. The molecule has 2 aromatic carbocycles. The van der Waals surface area contributed by atoms with Crippen LogP contribution >= 0.6 is 11.3 Å². The minimum absolute atomic E-state index is 0.0602. The van der Waals surface area contributed by atoms with Crippen LogP contribution in [0.5, 0.6) is 0 Å². The first-order chi connectivity index (χ1) is 12.3. The lowest BCUT2D eigenvalue weighted by atomic mass is 10.0. The number of sulfonamides is 1. The first kappa shape index (κ1) is 18.5. The average molecular weight is 386 g/mol. The van der Waals surface area contributed by atoms with Gasteiger partial charge in [-0.2, -0.15) is 0 Å². The molecule has 0 radical (unpaired) electrons. The van der Waals surface area contributed by atoms with E-state index in [2.05, 4.69) is 0 Å². The van der Waals surface area contributed by atoms with Crippen LogP contribution in [0.1, 0.15) is 27.9 Å². The molecule has 0 amide bonds. The van der Waals surface area contributed by atoms with Gasteiger partial charge in [-0.3, -0.25) is 4.79 Å². The number of carbonyl (C=O) groups excluding carboxylic acids is 1. The normalized spacial score (nSPS) is 11.5. The number of carbonyl (C=O) groups is 1. The number of ketones is 1. The molecule has 1 aromatic heterocycles. The van der Waals surface area contributed by atoms with Crippen LogP contribution in [0.15, 0.2) is 64.9 Å². The third kappa shape index (κ3) is 4.27. The van der Waals surface area contributed by atoms with Gasteiger partial charge in [0.25, 0.3) is 0 Å². The molecule has 26 heavy (non-hydrogen) atoms. The number of hydrogen-bond donors (Lipinski definition) is 1. The molecule has 0 fully saturated rings. The zero-order valence-corrected chi connectivity index (χ0v) is 15.9. The van der Waals surface area contributed by atoms with E-state index >= 15 is 0 Å². The summed E-state index contributed by atoms with van der Waals surface area (Å²) in [5, 5.41) is 7.01. The molecule has 0 spiro atoms. The molecule has 0 aliphatic carbocycles. The Bertz CT molecular complexity index is 1020. The summed E-state index contributed by atoms with van der Waals surface area (Å²) in [7, 11) is -3.72. The SMILES string of the molecule is Cc1ccc(CCC(=O)c2ccsc2-c2ccc(S(N)(=O)=O)cc2)cc1. The smallest absolute Gasteiger partial charge is 0.238 e. The first-order valence-electron chi connectivity index (χ1n) is 8.14. The summed E-state index contributed by atoms with van der Waals surface area (Å²) in [6, 6.07) is 16.3. The highest BCUT2D eigenvalue weighted by Crippen LogP contribution is 2.31. The molecule has 3 aromatic rings. The van der Waals surface area contributed by atoms with Gasteiger partial charge in [-0.25, -0.2) is 13.6 Å². The van der Waals surface area contributed by atoms with Crippen LogP contribution in [-0.4, -0.2) is 14.2 Å². The second kappa shape index (κ2) is 7.53. The third-order valence-corrected chi connectivity index (χ3v) is 6.06. The van der Waals surface area contributed by atoms with E-state index in [1.165, 1.54) is 29.0 Å². The quantitative estimate of drug-likeness (QED) is 0.647. The summed E-state index contributed by atoms with van der Waals surface area (Å²) in [6.45, 7) is 2.04. The molecule has 0 atom stereocenters. The monoisotopic (exact) mass is 385 g/mol. The Morgan fingerprint density at radius 3 is 2.27 bits per heavy atom. The standard InChI is InChI=1S/C20H19NO3S2/c1-14-2-4-15(5-3-14)6-11-19(22)18-12-13-25-20(18)16-7-9-17(10-8-16)26(21,23)24/h2-5,7-10,12-13H,6,11H2,1H3,(H2,21,23,24). The van der Waals surface area contributed by atoms with Gasteiger partial charge in [0, 0.05) is 16.9 Å². The maximum Gasteiger partial charge on any atom is 0.238 e. The van der Waals surface area contributed by atoms with Gasteiger partial charge >= 0.3 is 0 Å². The molecule has 134 valence electrons. The average Bonchev–Trinajstić information content (AvgIpc) is 3.10. The molecule has 0 bridgehead atoms. The summed E-state index contributed by atoms with van der Waals surface area (Å²) in [5.41, 5.74) is 3.82. The topological polar surface area (TPSA) is 77.2 Å². The van der Waals surface area contributed by atoms with Gasteiger partial charge in [0.15, 0.2) is 5.78 Å². The second-order valence-corrected chi connectivity index (χ2v) is 8.62. The molecule has 4 nitrogen and oxygen atoms in total. The highest BCUT2D eigenvalue weighted by atomic mass is 32.2. The van der Waals surface area contributed by atoms with Crippen molar-refractivity contribution < 1.29 is 13.2 Å². The maximum absolute atomic E-state index is 12.7. The van der Waals surface area contributed by atoms with Crippen molar-refractivity contribution in [3.8, 4) is 10.4 Å². The number of aryl methyl sites for hydroxylation is 2. The number of benzene rings is 2. The Morgan fingerprint density at radius 1 is 1.00 bits per heavy atom. The zero-order chi connectivity index (χ0) is 18.7. The third-order valence-electron chi connectivity index (χ3n) is 4.17. The van der Waals surface area contributed by atoms with Gasteiger partial charge in [-0.05, 0) is 48.1 Å². The Balaban J connectivity index is 1.77. The van der Waals surface area contributed by atoms with E-state index in [1.54, 1.807) is 12.1 Å². The molecule has 2 N–H and O–H groups in total. The summed E-state index contributed by atoms with van der Waals surface area (Å²) in [4.78, 5) is 13.6. The number of Topliss-reactive ketones (excluding diaryl/α,β-unsaturated/α-hetero) is 1. The lowest BCUT2D eigenvalue weighted by Gasteiger charge is -2.06. The van der Waals surface area contributed by atoms with Crippen molar-refractivity contribution in [2.45, 2.75) is 24.7 Å². The van der Waals surface area contributed by atoms with Crippen molar-refractivity contribution in [2.24, 2.45) is 5.14 Å². The molecule has 3 rings (SSSR count). The first-order valence-corrected chi connectivity index (χ1v) is 10.6. The van der Waals surface area contributed by atoms with Crippen LogP contribution in [0, 0.1) is 6.92 Å². The van der Waals surface area contributed by atoms with E-state index in [1.807, 2.05) is 42.6 Å². The number of hydrogen-bond acceptors (Lipinski definition) is 4. The summed E-state index contributed by atoms with van der Waals surface area (Å²) < 4.78 is 22.7. The molecular formula is C20H19NO3S2. The van der Waals surface area contributed by atoms with Crippen LogP contribution in [0.4, 0.5) is 0 Å².